The van der Waals surface area contributed by atoms with E-state index in [1.807, 2.05) is 13.1 Å². The van der Waals surface area contributed by atoms with E-state index in [0.29, 0.717) is 37.8 Å². The van der Waals surface area contributed by atoms with Crippen molar-refractivity contribution in [1.82, 2.24) is 19.7 Å². The third-order valence-electron chi connectivity index (χ3n) is 5.84. The zero-order chi connectivity index (χ0) is 19.5. The number of nitrogens with zero attached hydrogens (tertiary/aromatic N) is 4. The molecule has 6 nitrogen and oxygen atoms in total. The van der Waals surface area contributed by atoms with Crippen LogP contribution < -0.4 is 0 Å². The predicted octanol–water partition coefficient (Wildman–Crippen LogP) is 3.38. The van der Waals surface area contributed by atoms with Crippen LogP contribution in [0.1, 0.15) is 60.1 Å². The van der Waals surface area contributed by atoms with Crippen molar-refractivity contribution in [2.24, 2.45) is 5.92 Å². The molecule has 150 valence electrons. The fourth-order valence-corrected chi connectivity index (χ4v) is 4.50. The molecule has 0 aromatic carbocycles. The molecule has 1 aliphatic carbocycles. The van der Waals surface area contributed by atoms with Gasteiger partial charge in [0.25, 0.3) is 5.91 Å². The maximum absolute atomic E-state index is 13.5. The average molecular weight is 386 g/mol. The lowest BCUT2D eigenvalue weighted by molar-refractivity contribution is 0.0645. The zero-order valence-electron chi connectivity index (χ0n) is 16.3. The Morgan fingerprint density at radius 3 is 2.93 bits per heavy atom. The molecule has 0 saturated heterocycles. The Morgan fingerprint density at radius 1 is 1.36 bits per heavy atom. The van der Waals surface area contributed by atoms with Gasteiger partial charge in [0.15, 0.2) is 0 Å². The van der Waals surface area contributed by atoms with Crippen molar-refractivity contribution in [2.75, 3.05) is 19.8 Å². The number of carbonyl (C=O) groups excluding carboxylic acids is 1. The molecule has 2 aromatic rings. The van der Waals surface area contributed by atoms with Crippen LogP contribution in [-0.4, -0.2) is 45.3 Å². The molecule has 1 amide bonds. The van der Waals surface area contributed by atoms with E-state index in [9.17, 15) is 9.18 Å². The van der Waals surface area contributed by atoms with Crippen LogP contribution in [0.2, 0.25) is 0 Å². The van der Waals surface area contributed by atoms with Crippen LogP contribution in [0.3, 0.4) is 0 Å². The van der Waals surface area contributed by atoms with Crippen LogP contribution >= 0.6 is 0 Å². The molecule has 2 aliphatic rings. The number of ether oxygens (including phenoxy) is 1. The highest BCUT2D eigenvalue weighted by Crippen LogP contribution is 2.32. The summed E-state index contributed by atoms with van der Waals surface area (Å²) in [6, 6.07) is 2.75. The van der Waals surface area contributed by atoms with Crippen molar-refractivity contribution in [3.63, 3.8) is 0 Å². The number of halogens is 1. The van der Waals surface area contributed by atoms with Gasteiger partial charge in [0, 0.05) is 55.5 Å². The summed E-state index contributed by atoms with van der Waals surface area (Å²) in [5.74, 6) is -0.0600. The first kappa shape index (κ1) is 19.1. The van der Waals surface area contributed by atoms with Gasteiger partial charge in [-0.1, -0.05) is 12.8 Å². The van der Waals surface area contributed by atoms with Crippen LogP contribution in [0, 0.1) is 11.9 Å². The lowest BCUT2D eigenvalue weighted by Gasteiger charge is -2.33. The average Bonchev–Trinajstić information content (AvgIpc) is 3.36. The van der Waals surface area contributed by atoms with Gasteiger partial charge in [-0.05, 0) is 31.7 Å². The van der Waals surface area contributed by atoms with Crippen LogP contribution in [0.4, 0.5) is 4.39 Å². The van der Waals surface area contributed by atoms with E-state index >= 15 is 0 Å². The molecule has 1 atom stereocenters. The van der Waals surface area contributed by atoms with Gasteiger partial charge in [0.1, 0.15) is 0 Å². The van der Waals surface area contributed by atoms with Crippen LogP contribution in [0.15, 0.2) is 24.5 Å². The molecular formula is C21H27FN4O2. The van der Waals surface area contributed by atoms with Gasteiger partial charge in [0.2, 0.25) is 5.95 Å². The summed E-state index contributed by atoms with van der Waals surface area (Å²) >= 11 is 0. The lowest BCUT2D eigenvalue weighted by atomic mass is 9.95. The van der Waals surface area contributed by atoms with Gasteiger partial charge in [-0.25, -0.2) is 4.98 Å². The monoisotopic (exact) mass is 386 g/mol. The molecule has 0 unspecified atom stereocenters. The van der Waals surface area contributed by atoms with Crippen molar-refractivity contribution in [2.45, 2.75) is 51.6 Å². The minimum absolute atomic E-state index is 0.0724. The number of hydrogen-bond donors (Lipinski definition) is 0. The quantitative estimate of drug-likeness (QED) is 0.714. The molecule has 2 aromatic heterocycles. The Balaban J connectivity index is 1.58. The predicted molar refractivity (Wildman–Crippen MR) is 102 cm³/mol. The van der Waals surface area contributed by atoms with Gasteiger partial charge in [-0.2, -0.15) is 9.49 Å². The van der Waals surface area contributed by atoms with Crippen molar-refractivity contribution < 1.29 is 13.9 Å². The first-order chi connectivity index (χ1) is 13.7. The second-order valence-electron chi connectivity index (χ2n) is 7.80. The minimum atomic E-state index is -0.640. The molecule has 7 heteroatoms. The number of aromatic nitrogens is 3. The summed E-state index contributed by atoms with van der Waals surface area (Å²) in [6.07, 6.45) is 8.36. The largest absolute Gasteiger partial charge is 0.381 e. The molecule has 1 fully saturated rings. The lowest BCUT2D eigenvalue weighted by Crippen LogP contribution is -2.40. The molecule has 1 aliphatic heterocycles. The molecule has 3 heterocycles. The van der Waals surface area contributed by atoms with Crippen molar-refractivity contribution in [3.8, 4) is 0 Å². The summed E-state index contributed by atoms with van der Waals surface area (Å²) in [5, 5.41) is 4.65. The van der Waals surface area contributed by atoms with E-state index in [4.69, 9.17) is 4.74 Å². The maximum atomic E-state index is 13.5. The fourth-order valence-electron chi connectivity index (χ4n) is 4.50. The fraction of sp³-hybridized carbons (Fsp3) is 0.571. The van der Waals surface area contributed by atoms with Crippen LogP contribution in [-0.2, 0) is 17.8 Å². The van der Waals surface area contributed by atoms with Crippen molar-refractivity contribution >= 4 is 5.91 Å². The Hall–Kier alpha value is -2.28. The summed E-state index contributed by atoms with van der Waals surface area (Å²) in [6.45, 7) is 5.14. The molecule has 0 N–H and O–H groups in total. The normalized spacial score (nSPS) is 19.8. The molecule has 28 heavy (non-hydrogen) atoms. The van der Waals surface area contributed by atoms with Gasteiger partial charge in [0.05, 0.1) is 18.5 Å². The topological polar surface area (TPSA) is 60.2 Å². The standard InChI is InChI=1S/C21H27FN4O2/c1-2-28-14-18-13-25(21(27)16-7-8-23-19(22)9-16)12-17-10-24-26(20(17)18)11-15-5-3-4-6-15/h7-10,15,18H,2-6,11-14H2,1H3/t18-/m0/s1. The Labute approximate surface area is 164 Å². The zero-order valence-corrected chi connectivity index (χ0v) is 16.3. The molecular weight excluding hydrogens is 359 g/mol. The Morgan fingerprint density at radius 2 is 2.18 bits per heavy atom. The minimum Gasteiger partial charge on any atom is -0.381 e. The van der Waals surface area contributed by atoms with E-state index in [2.05, 4.69) is 14.8 Å². The highest BCUT2D eigenvalue weighted by Gasteiger charge is 2.33. The summed E-state index contributed by atoms with van der Waals surface area (Å²) in [5.41, 5.74) is 2.59. The van der Waals surface area contributed by atoms with E-state index in [1.54, 1.807) is 11.0 Å². The summed E-state index contributed by atoms with van der Waals surface area (Å²) < 4.78 is 21.3. The molecule has 0 spiro atoms. The number of rotatable bonds is 6. The van der Waals surface area contributed by atoms with Gasteiger partial charge < -0.3 is 9.64 Å². The van der Waals surface area contributed by atoms with Crippen molar-refractivity contribution in [1.29, 1.82) is 0 Å². The third kappa shape index (κ3) is 3.94. The number of carbonyl (C=O) groups is 1. The van der Waals surface area contributed by atoms with E-state index in [0.717, 1.165) is 12.1 Å². The second-order valence-corrected chi connectivity index (χ2v) is 7.80. The smallest absolute Gasteiger partial charge is 0.254 e. The first-order valence-corrected chi connectivity index (χ1v) is 10.2. The summed E-state index contributed by atoms with van der Waals surface area (Å²) in [4.78, 5) is 18.2. The number of fused-ring (bicyclic) bond motifs is 1. The highest BCUT2D eigenvalue weighted by atomic mass is 19.1. The van der Waals surface area contributed by atoms with Crippen LogP contribution in [0.25, 0.3) is 0 Å². The highest BCUT2D eigenvalue weighted by molar-refractivity contribution is 5.94. The molecule has 0 bridgehead atoms. The van der Waals surface area contributed by atoms with Crippen LogP contribution in [0.5, 0.6) is 0 Å². The Kier molecular flexibility index (Phi) is 5.71. The molecule has 0 radical (unpaired) electrons. The van der Waals surface area contributed by atoms with E-state index in [1.165, 1.54) is 43.6 Å². The van der Waals surface area contributed by atoms with Gasteiger partial charge in [-0.3, -0.25) is 9.48 Å². The summed E-state index contributed by atoms with van der Waals surface area (Å²) in [7, 11) is 0. The van der Waals surface area contributed by atoms with Gasteiger partial charge in [-0.15, -0.1) is 0 Å². The Bertz CT molecular complexity index is 832. The molecule has 4 rings (SSSR count). The molecule has 1 saturated carbocycles. The van der Waals surface area contributed by atoms with Gasteiger partial charge >= 0.3 is 0 Å². The third-order valence-corrected chi connectivity index (χ3v) is 5.84. The number of amides is 1. The van der Waals surface area contributed by atoms with E-state index < -0.39 is 5.95 Å². The van der Waals surface area contributed by atoms with E-state index in [-0.39, 0.29) is 11.8 Å². The maximum Gasteiger partial charge on any atom is 0.254 e. The second kappa shape index (κ2) is 8.39. The SMILES string of the molecule is CCOC[C@@H]1CN(C(=O)c2ccnc(F)c2)Cc2cnn(CC3CCCC3)c21. The first-order valence-electron chi connectivity index (χ1n) is 10.2. The number of hydrogen-bond acceptors (Lipinski definition) is 4. The van der Waals surface area contributed by atoms with Crippen molar-refractivity contribution in [3.05, 3.63) is 47.3 Å². The number of pyridine rings is 1.